The first-order chi connectivity index (χ1) is 18.5. The van der Waals surface area contributed by atoms with Gasteiger partial charge < -0.3 is 28.4 Å². The molecule has 5 atom stereocenters. The molecule has 7 heteroatoms. The van der Waals surface area contributed by atoms with E-state index < -0.39 is 29.5 Å². The number of methoxy groups -OCH3 is 2. The molecule has 2 bridgehead atoms. The second-order valence-corrected chi connectivity index (χ2v) is 11.8. The predicted molar refractivity (Wildman–Crippen MR) is 149 cm³/mol. The predicted octanol–water partition coefficient (Wildman–Crippen LogP) is 5.79. The molecule has 0 spiro atoms. The summed E-state index contributed by atoms with van der Waals surface area (Å²) in [5.41, 5.74) is 1.84. The highest BCUT2D eigenvalue weighted by Crippen LogP contribution is 2.52. The zero-order valence-electron chi connectivity index (χ0n) is 24.5. The zero-order valence-corrected chi connectivity index (χ0v) is 24.5. The Hall–Kier alpha value is -2.29. The van der Waals surface area contributed by atoms with Gasteiger partial charge in [-0.1, -0.05) is 56.7 Å². The molecule has 1 aromatic rings. The third kappa shape index (κ3) is 5.79. The minimum absolute atomic E-state index is 0.0126. The van der Waals surface area contributed by atoms with Crippen molar-refractivity contribution in [2.45, 2.75) is 77.7 Å². The average molecular weight is 541 g/mol. The van der Waals surface area contributed by atoms with Crippen LogP contribution in [0.5, 0.6) is 5.75 Å². The summed E-state index contributed by atoms with van der Waals surface area (Å²) in [7, 11) is 3.22. The number of rotatable bonds is 10. The summed E-state index contributed by atoms with van der Waals surface area (Å²) in [6.07, 6.45) is 6.62. The maximum absolute atomic E-state index is 14.2. The second kappa shape index (κ2) is 11.7. The van der Waals surface area contributed by atoms with Crippen LogP contribution in [0, 0.1) is 17.3 Å². The second-order valence-electron chi connectivity index (χ2n) is 11.8. The lowest BCUT2D eigenvalue weighted by atomic mass is 9.73. The number of hydrogen-bond acceptors (Lipinski definition) is 7. The number of Topliss-reactive ketones (excluding diaryl/α,β-unsaturated/α-hetero) is 1. The molecule has 1 saturated carbocycles. The zero-order chi connectivity index (χ0) is 28.4. The molecule has 214 valence electrons. The third-order valence-corrected chi connectivity index (χ3v) is 8.66. The van der Waals surface area contributed by atoms with Crippen LogP contribution >= 0.6 is 0 Å². The van der Waals surface area contributed by atoms with Crippen molar-refractivity contribution in [2.24, 2.45) is 17.3 Å². The van der Waals surface area contributed by atoms with Crippen LogP contribution < -0.4 is 4.74 Å². The lowest BCUT2D eigenvalue weighted by Crippen LogP contribution is -2.52. The van der Waals surface area contributed by atoms with Crippen molar-refractivity contribution in [1.82, 2.24) is 0 Å². The molecule has 1 saturated heterocycles. The molecule has 7 nitrogen and oxygen atoms in total. The fourth-order valence-electron chi connectivity index (χ4n) is 6.37. The first-order valence-corrected chi connectivity index (χ1v) is 13.8. The Morgan fingerprint density at radius 2 is 1.85 bits per heavy atom. The molecule has 0 radical (unpaired) electrons. The number of benzene rings is 1. The smallest absolute Gasteiger partial charge is 0.168 e. The lowest BCUT2D eigenvalue weighted by Gasteiger charge is -2.40. The van der Waals surface area contributed by atoms with Gasteiger partial charge in [-0.05, 0) is 55.4 Å². The number of ketones is 1. The van der Waals surface area contributed by atoms with Crippen molar-refractivity contribution in [3.8, 4) is 5.75 Å². The van der Waals surface area contributed by atoms with Crippen molar-refractivity contribution >= 4 is 5.78 Å². The van der Waals surface area contributed by atoms with Gasteiger partial charge in [-0.2, -0.15) is 0 Å². The van der Waals surface area contributed by atoms with Gasteiger partial charge in [0.15, 0.2) is 11.6 Å². The van der Waals surface area contributed by atoms with Gasteiger partial charge in [0.05, 0.1) is 20.3 Å². The van der Waals surface area contributed by atoms with Gasteiger partial charge in [-0.3, -0.25) is 4.79 Å². The number of hydrogen-bond donors (Lipinski definition) is 0. The van der Waals surface area contributed by atoms with E-state index in [2.05, 4.69) is 32.6 Å². The van der Waals surface area contributed by atoms with Crippen LogP contribution in [0.25, 0.3) is 0 Å². The quantitative estimate of drug-likeness (QED) is 0.275. The fourth-order valence-corrected chi connectivity index (χ4v) is 6.37. The summed E-state index contributed by atoms with van der Waals surface area (Å²) in [6.45, 7) is 14.8. The summed E-state index contributed by atoms with van der Waals surface area (Å²) in [5, 5.41) is 0. The van der Waals surface area contributed by atoms with E-state index in [1.807, 2.05) is 45.0 Å². The van der Waals surface area contributed by atoms with Gasteiger partial charge in [0.25, 0.3) is 0 Å². The Balaban J connectivity index is 1.76. The van der Waals surface area contributed by atoms with Gasteiger partial charge in [-0.15, -0.1) is 6.58 Å². The van der Waals surface area contributed by atoms with Crippen molar-refractivity contribution in [2.75, 3.05) is 27.6 Å². The Kier molecular flexibility index (Phi) is 8.89. The molecule has 39 heavy (non-hydrogen) atoms. The Morgan fingerprint density at radius 1 is 1.13 bits per heavy atom. The van der Waals surface area contributed by atoms with E-state index in [1.165, 1.54) is 5.57 Å². The van der Waals surface area contributed by atoms with Crippen LogP contribution in [0.4, 0.5) is 0 Å². The largest absolute Gasteiger partial charge is 0.497 e. The first-order valence-electron chi connectivity index (χ1n) is 13.8. The molecule has 0 amide bonds. The topological polar surface area (TPSA) is 72.5 Å². The minimum atomic E-state index is -1.05. The van der Waals surface area contributed by atoms with Crippen LogP contribution in [0.2, 0.25) is 0 Å². The van der Waals surface area contributed by atoms with Crippen LogP contribution in [0.3, 0.4) is 0 Å². The van der Waals surface area contributed by atoms with Gasteiger partial charge in [0.1, 0.15) is 30.4 Å². The molecule has 3 aliphatic rings. The van der Waals surface area contributed by atoms with Gasteiger partial charge in [-0.25, -0.2) is 0 Å². The lowest BCUT2D eigenvalue weighted by molar-refractivity contribution is -0.178. The molecule has 2 fully saturated rings. The van der Waals surface area contributed by atoms with E-state index in [-0.39, 0.29) is 30.5 Å². The van der Waals surface area contributed by atoms with Crippen molar-refractivity contribution in [3.63, 3.8) is 0 Å². The highest BCUT2D eigenvalue weighted by molar-refractivity contribution is 5.89. The summed E-state index contributed by atoms with van der Waals surface area (Å²) < 4.78 is 36.0. The van der Waals surface area contributed by atoms with Crippen LogP contribution in [-0.4, -0.2) is 57.0 Å². The highest BCUT2D eigenvalue weighted by atomic mass is 16.8. The Labute approximate surface area is 233 Å². The summed E-state index contributed by atoms with van der Waals surface area (Å²) in [4.78, 5) is 14.2. The van der Waals surface area contributed by atoms with E-state index >= 15 is 0 Å². The van der Waals surface area contributed by atoms with Crippen molar-refractivity contribution in [1.29, 1.82) is 0 Å². The van der Waals surface area contributed by atoms with Crippen molar-refractivity contribution in [3.05, 3.63) is 65.8 Å². The first kappa shape index (κ1) is 29.7. The number of allylic oxidation sites excluding steroid dienone is 3. The average Bonchev–Trinajstić information content (AvgIpc) is 3.40. The maximum Gasteiger partial charge on any atom is 0.168 e. The van der Waals surface area contributed by atoms with E-state index in [9.17, 15) is 4.79 Å². The third-order valence-electron chi connectivity index (χ3n) is 8.66. The summed E-state index contributed by atoms with van der Waals surface area (Å²) in [5.74, 6) is -0.536. The molecular formula is C32H44O7. The number of carbonyl (C=O) groups is 1. The van der Waals surface area contributed by atoms with Crippen molar-refractivity contribution < 1.29 is 33.2 Å². The number of carbonyl (C=O) groups excluding carboxylic acids is 1. The SMILES string of the molecule is C=C[C@@H](OCc1ccc(OC)cc1)[C@]1(/C2=C/C=C3/CC[C@H]([C@@H](OCOC)C(=O)[C@H]2C)C3(C)C)COC(C)(C)O1. The van der Waals surface area contributed by atoms with E-state index in [1.54, 1.807) is 20.3 Å². The number of fused-ring (bicyclic) bond motifs is 2. The van der Waals surface area contributed by atoms with Crippen LogP contribution in [-0.2, 0) is 35.1 Å². The standard InChI is InChI=1S/C32H44O7/c1-9-27(36-18-22-10-14-24(35-8)15-11-22)32(19-38-31(5,6)39-32)25-16-12-23-13-17-26(30(23,3)4)29(37-20-34-7)28(33)21(25)2/h9-12,14-16,21,26-27,29H,1,13,17-20H2,2-8H3/b23-12-,25-16+/t21-,26+,27+,29+,32+/m0/s1. The maximum atomic E-state index is 14.2. The molecule has 1 heterocycles. The van der Waals surface area contributed by atoms with E-state index in [4.69, 9.17) is 28.4 Å². The molecule has 1 aliphatic heterocycles. The summed E-state index contributed by atoms with van der Waals surface area (Å²) >= 11 is 0. The number of ether oxygens (including phenoxy) is 6. The monoisotopic (exact) mass is 540 g/mol. The van der Waals surface area contributed by atoms with Gasteiger partial charge in [0.2, 0.25) is 0 Å². The highest BCUT2D eigenvalue weighted by Gasteiger charge is 2.56. The van der Waals surface area contributed by atoms with Crippen LogP contribution in [0.1, 0.15) is 53.0 Å². The van der Waals surface area contributed by atoms with E-state index in [0.717, 1.165) is 29.7 Å². The van der Waals surface area contributed by atoms with Gasteiger partial charge >= 0.3 is 0 Å². The fraction of sp³-hybridized carbons (Fsp3) is 0.594. The molecule has 2 aliphatic carbocycles. The summed E-state index contributed by atoms with van der Waals surface area (Å²) in [6, 6.07) is 7.74. The molecular weight excluding hydrogens is 496 g/mol. The normalized spacial score (nSPS) is 33.2. The van der Waals surface area contributed by atoms with E-state index in [0.29, 0.717) is 6.61 Å². The molecule has 4 rings (SSSR count). The minimum Gasteiger partial charge on any atom is -0.497 e. The Morgan fingerprint density at radius 3 is 2.44 bits per heavy atom. The molecule has 0 N–H and O–H groups in total. The Bertz CT molecular complexity index is 1100. The van der Waals surface area contributed by atoms with Crippen LogP contribution in [0.15, 0.2) is 60.2 Å². The van der Waals surface area contributed by atoms with Gasteiger partial charge in [0, 0.05) is 18.9 Å². The molecule has 1 aromatic carbocycles. The molecule has 0 aromatic heterocycles. The molecule has 0 unspecified atom stereocenters.